The van der Waals surface area contributed by atoms with Crippen LogP contribution in [0.15, 0.2) is 39.2 Å². The molecule has 1 atom stereocenters. The molecule has 0 saturated carbocycles. The second kappa shape index (κ2) is 8.10. The van der Waals surface area contributed by atoms with Gasteiger partial charge in [-0.1, -0.05) is 11.6 Å². The number of amides is 1. The Labute approximate surface area is 161 Å². The number of piperazine rings is 1. The molecule has 0 unspecified atom stereocenters. The minimum absolute atomic E-state index is 0.116. The first kappa shape index (κ1) is 19.4. The van der Waals surface area contributed by atoms with E-state index >= 15 is 0 Å². The van der Waals surface area contributed by atoms with E-state index in [9.17, 15) is 13.2 Å². The van der Waals surface area contributed by atoms with Gasteiger partial charge in [0, 0.05) is 26.2 Å². The number of carbonyl (C=O) groups is 1. The van der Waals surface area contributed by atoms with Crippen molar-refractivity contribution in [1.29, 1.82) is 0 Å². The average Bonchev–Trinajstić information content (AvgIpc) is 3.27. The molecule has 1 N–H and O–H groups in total. The summed E-state index contributed by atoms with van der Waals surface area (Å²) in [6, 6.07) is 6.49. The monoisotopic (exact) mass is 417 g/mol. The Hall–Kier alpha value is -1.39. The van der Waals surface area contributed by atoms with E-state index in [4.69, 9.17) is 16.0 Å². The Morgan fingerprint density at radius 3 is 2.62 bits per heavy atom. The Morgan fingerprint density at radius 1 is 1.31 bits per heavy atom. The number of hydrogen-bond acceptors (Lipinski definition) is 6. The zero-order valence-electron chi connectivity index (χ0n) is 14.2. The molecule has 1 aliphatic rings. The van der Waals surface area contributed by atoms with Crippen molar-refractivity contribution in [3.05, 3.63) is 40.6 Å². The highest BCUT2D eigenvalue weighted by Crippen LogP contribution is 2.28. The van der Waals surface area contributed by atoms with Crippen LogP contribution in [0.1, 0.15) is 18.7 Å². The van der Waals surface area contributed by atoms with Crippen LogP contribution in [0.3, 0.4) is 0 Å². The smallest absolute Gasteiger partial charge is 0.252 e. The van der Waals surface area contributed by atoms with Gasteiger partial charge < -0.3 is 9.73 Å². The molecule has 3 heterocycles. The minimum Gasteiger partial charge on any atom is -0.467 e. The van der Waals surface area contributed by atoms with Crippen molar-refractivity contribution in [1.82, 2.24) is 14.5 Å². The van der Waals surface area contributed by atoms with Gasteiger partial charge in [-0.2, -0.15) is 4.31 Å². The number of rotatable bonds is 6. The summed E-state index contributed by atoms with van der Waals surface area (Å²) < 4.78 is 32.6. The molecule has 10 heteroatoms. The summed E-state index contributed by atoms with van der Waals surface area (Å²) in [6.45, 7) is 3.77. The standard InChI is InChI=1S/C16H20ClN3O4S2/c1-12(13-3-2-10-24-13)18-15(21)11-19-6-8-20(9-7-19)26(22,23)16-5-4-14(17)25-16/h2-5,10,12H,6-9,11H2,1H3,(H,18,21)/t12-/m1/s1. The molecule has 1 saturated heterocycles. The highest BCUT2D eigenvalue weighted by Gasteiger charge is 2.30. The van der Waals surface area contributed by atoms with Gasteiger partial charge in [0.25, 0.3) is 10.0 Å². The lowest BCUT2D eigenvalue weighted by atomic mass is 10.2. The third-order valence-electron chi connectivity index (χ3n) is 4.19. The number of hydrogen-bond donors (Lipinski definition) is 1. The lowest BCUT2D eigenvalue weighted by molar-refractivity contribution is -0.123. The van der Waals surface area contributed by atoms with Gasteiger partial charge in [-0.3, -0.25) is 9.69 Å². The van der Waals surface area contributed by atoms with E-state index in [2.05, 4.69) is 5.32 Å². The number of carbonyl (C=O) groups excluding carboxylic acids is 1. The van der Waals surface area contributed by atoms with Crippen molar-refractivity contribution in [2.45, 2.75) is 17.2 Å². The fourth-order valence-corrected chi connectivity index (χ4v) is 5.85. The molecule has 0 radical (unpaired) electrons. The SMILES string of the molecule is C[C@@H](NC(=O)CN1CCN(S(=O)(=O)c2ccc(Cl)s2)CC1)c1ccco1. The first-order valence-electron chi connectivity index (χ1n) is 8.17. The van der Waals surface area contributed by atoms with Gasteiger partial charge in [0.15, 0.2) is 0 Å². The van der Waals surface area contributed by atoms with E-state index in [0.717, 1.165) is 11.3 Å². The van der Waals surface area contributed by atoms with Crippen molar-refractivity contribution in [3.8, 4) is 0 Å². The third kappa shape index (κ3) is 4.47. The van der Waals surface area contributed by atoms with Gasteiger partial charge in [0.05, 0.1) is 23.2 Å². The van der Waals surface area contributed by atoms with Gasteiger partial charge in [-0.25, -0.2) is 8.42 Å². The number of nitrogens with zero attached hydrogens (tertiary/aromatic N) is 2. The Morgan fingerprint density at radius 2 is 2.04 bits per heavy atom. The predicted molar refractivity (Wildman–Crippen MR) is 99.8 cm³/mol. The molecule has 2 aromatic heterocycles. The number of nitrogens with one attached hydrogen (secondary N) is 1. The number of thiophene rings is 1. The molecule has 0 aromatic carbocycles. The van der Waals surface area contributed by atoms with Crippen LogP contribution in [0.2, 0.25) is 4.34 Å². The summed E-state index contributed by atoms with van der Waals surface area (Å²) in [5.41, 5.74) is 0. The highest BCUT2D eigenvalue weighted by molar-refractivity contribution is 7.91. The molecule has 0 aliphatic carbocycles. The van der Waals surface area contributed by atoms with Gasteiger partial charge in [-0.05, 0) is 31.2 Å². The number of halogens is 1. The van der Waals surface area contributed by atoms with E-state index in [-0.39, 0.29) is 22.7 Å². The largest absolute Gasteiger partial charge is 0.467 e. The first-order valence-corrected chi connectivity index (χ1v) is 10.8. The van der Waals surface area contributed by atoms with E-state index in [1.54, 1.807) is 18.4 Å². The summed E-state index contributed by atoms with van der Waals surface area (Å²) in [5, 5.41) is 2.88. The predicted octanol–water partition coefficient (Wildman–Crippen LogP) is 2.18. The summed E-state index contributed by atoms with van der Waals surface area (Å²) in [6.07, 6.45) is 1.57. The normalized spacial score (nSPS) is 17.9. The van der Waals surface area contributed by atoms with Crippen LogP contribution in [0, 0.1) is 0 Å². The Balaban J connectivity index is 1.50. The second-order valence-electron chi connectivity index (χ2n) is 6.04. The number of sulfonamides is 1. The van der Waals surface area contributed by atoms with Crippen LogP contribution in [0.5, 0.6) is 0 Å². The first-order chi connectivity index (χ1) is 12.4. The fraction of sp³-hybridized carbons (Fsp3) is 0.438. The maximum atomic E-state index is 12.6. The molecule has 1 aliphatic heterocycles. The lowest BCUT2D eigenvalue weighted by Crippen LogP contribution is -2.51. The van der Waals surface area contributed by atoms with Crippen molar-refractivity contribution in [2.24, 2.45) is 0 Å². The molecule has 142 valence electrons. The molecule has 2 aromatic rings. The molecule has 0 spiro atoms. The Kier molecular flexibility index (Phi) is 6.03. The van der Waals surface area contributed by atoms with Crippen LogP contribution in [-0.2, 0) is 14.8 Å². The van der Waals surface area contributed by atoms with Gasteiger partial charge in [0.2, 0.25) is 5.91 Å². The maximum absolute atomic E-state index is 12.6. The molecule has 7 nitrogen and oxygen atoms in total. The molecule has 26 heavy (non-hydrogen) atoms. The van der Waals surface area contributed by atoms with Crippen LogP contribution in [0.25, 0.3) is 0 Å². The summed E-state index contributed by atoms with van der Waals surface area (Å²) in [4.78, 5) is 14.1. The topological polar surface area (TPSA) is 82.9 Å². The van der Waals surface area contributed by atoms with Gasteiger partial charge >= 0.3 is 0 Å². The van der Waals surface area contributed by atoms with Crippen molar-refractivity contribution < 1.29 is 17.6 Å². The highest BCUT2D eigenvalue weighted by atomic mass is 35.5. The lowest BCUT2D eigenvalue weighted by Gasteiger charge is -2.33. The summed E-state index contributed by atoms with van der Waals surface area (Å²) >= 11 is 6.89. The number of furan rings is 1. The fourth-order valence-electron chi connectivity index (χ4n) is 2.79. The van der Waals surface area contributed by atoms with Gasteiger partial charge in [0.1, 0.15) is 9.97 Å². The van der Waals surface area contributed by atoms with Crippen LogP contribution in [-0.4, -0.2) is 56.3 Å². The quantitative estimate of drug-likeness (QED) is 0.778. The zero-order chi connectivity index (χ0) is 18.7. The van der Waals surface area contributed by atoms with E-state index in [0.29, 0.717) is 36.3 Å². The van der Waals surface area contributed by atoms with E-state index < -0.39 is 10.0 Å². The van der Waals surface area contributed by atoms with Crippen molar-refractivity contribution in [2.75, 3.05) is 32.7 Å². The molecular weight excluding hydrogens is 398 g/mol. The van der Waals surface area contributed by atoms with Crippen molar-refractivity contribution >= 4 is 38.9 Å². The summed E-state index contributed by atoms with van der Waals surface area (Å²) in [7, 11) is -3.51. The molecule has 3 rings (SSSR count). The maximum Gasteiger partial charge on any atom is 0.252 e. The molecule has 1 fully saturated rings. The third-order valence-corrected chi connectivity index (χ3v) is 7.79. The van der Waals surface area contributed by atoms with Crippen molar-refractivity contribution in [3.63, 3.8) is 0 Å². The average molecular weight is 418 g/mol. The molecule has 1 amide bonds. The van der Waals surface area contributed by atoms with Crippen LogP contribution < -0.4 is 5.32 Å². The van der Waals surface area contributed by atoms with Crippen LogP contribution in [0.4, 0.5) is 0 Å². The zero-order valence-corrected chi connectivity index (χ0v) is 16.6. The van der Waals surface area contributed by atoms with Gasteiger partial charge in [-0.15, -0.1) is 11.3 Å². The Bertz CT molecular complexity index is 843. The second-order valence-corrected chi connectivity index (χ2v) is 9.92. The molecule has 0 bridgehead atoms. The van der Waals surface area contributed by atoms with Crippen LogP contribution >= 0.6 is 22.9 Å². The summed E-state index contributed by atoms with van der Waals surface area (Å²) in [5.74, 6) is 0.583. The van der Waals surface area contributed by atoms with E-state index in [1.165, 1.54) is 10.4 Å². The molecular formula is C16H20ClN3O4S2. The van der Waals surface area contributed by atoms with E-state index in [1.807, 2.05) is 17.9 Å². The minimum atomic E-state index is -3.51.